The van der Waals surface area contributed by atoms with Gasteiger partial charge in [-0.25, -0.2) is 0 Å². The van der Waals surface area contributed by atoms with Crippen LogP contribution in [0.2, 0.25) is 0 Å². The lowest BCUT2D eigenvalue weighted by molar-refractivity contribution is -0.210. The molecule has 28 heavy (non-hydrogen) atoms. The third kappa shape index (κ3) is 4.94. The van der Waals surface area contributed by atoms with E-state index in [2.05, 4.69) is 27.7 Å². The summed E-state index contributed by atoms with van der Waals surface area (Å²) in [7, 11) is 0. The van der Waals surface area contributed by atoms with Crippen molar-refractivity contribution in [1.82, 2.24) is 0 Å². The Kier molecular flexibility index (Phi) is 5.90. The zero-order valence-electron chi connectivity index (χ0n) is 18.7. The predicted molar refractivity (Wildman–Crippen MR) is 110 cm³/mol. The molecule has 0 amide bonds. The van der Waals surface area contributed by atoms with Crippen LogP contribution in [0.5, 0.6) is 0 Å². The Morgan fingerprint density at radius 2 is 0.929 bits per heavy atom. The molecule has 162 valence electrons. The quantitative estimate of drug-likeness (QED) is 0.538. The minimum absolute atomic E-state index is 0.0405. The molecule has 2 unspecified atom stereocenters. The van der Waals surface area contributed by atoms with Gasteiger partial charge in [-0.3, -0.25) is 0 Å². The van der Waals surface area contributed by atoms with Crippen LogP contribution in [0.4, 0.5) is 0 Å². The van der Waals surface area contributed by atoms with Crippen LogP contribution in [-0.4, -0.2) is 37.0 Å². The first kappa shape index (κ1) is 21.1. The molecule has 2 aliphatic heterocycles. The molecule has 0 aromatic carbocycles. The first-order chi connectivity index (χ1) is 13.2. The van der Waals surface area contributed by atoms with Crippen LogP contribution in [0, 0.1) is 10.8 Å². The summed E-state index contributed by atoms with van der Waals surface area (Å²) >= 11 is 0. The van der Waals surface area contributed by atoms with Crippen molar-refractivity contribution in [1.29, 1.82) is 0 Å². The van der Waals surface area contributed by atoms with Crippen LogP contribution in [0.3, 0.4) is 0 Å². The van der Waals surface area contributed by atoms with E-state index in [1.165, 1.54) is 51.4 Å². The highest BCUT2D eigenvalue weighted by atomic mass is 16.7. The van der Waals surface area contributed by atoms with E-state index < -0.39 is 0 Å². The zero-order valence-corrected chi connectivity index (χ0v) is 18.7. The van der Waals surface area contributed by atoms with Crippen molar-refractivity contribution in [2.24, 2.45) is 10.8 Å². The minimum atomic E-state index is -0.0405. The van der Waals surface area contributed by atoms with Crippen molar-refractivity contribution in [3.63, 3.8) is 0 Å². The van der Waals surface area contributed by atoms with Crippen molar-refractivity contribution in [3.8, 4) is 0 Å². The SMILES string of the molecule is CC1(C)CCC2(CCC(OCCOC3CCC4(CCC(C)(C)CC4)O3)O2)CC1. The maximum atomic E-state index is 6.36. The topological polar surface area (TPSA) is 36.9 Å². The second-order valence-corrected chi connectivity index (χ2v) is 11.6. The van der Waals surface area contributed by atoms with E-state index >= 15 is 0 Å². The lowest BCUT2D eigenvalue weighted by Crippen LogP contribution is -2.37. The van der Waals surface area contributed by atoms with Gasteiger partial charge in [0.1, 0.15) is 0 Å². The summed E-state index contributed by atoms with van der Waals surface area (Å²) in [6, 6.07) is 0. The highest BCUT2D eigenvalue weighted by Crippen LogP contribution is 2.49. The largest absolute Gasteiger partial charge is 0.350 e. The van der Waals surface area contributed by atoms with Crippen LogP contribution in [-0.2, 0) is 18.9 Å². The summed E-state index contributed by atoms with van der Waals surface area (Å²) in [5.41, 5.74) is 1.15. The molecule has 2 saturated heterocycles. The lowest BCUT2D eigenvalue weighted by atomic mass is 9.70. The molecule has 0 aromatic heterocycles. The van der Waals surface area contributed by atoms with Crippen molar-refractivity contribution < 1.29 is 18.9 Å². The van der Waals surface area contributed by atoms with Crippen LogP contribution in [0.1, 0.15) is 105 Å². The van der Waals surface area contributed by atoms with Crippen LogP contribution >= 0.6 is 0 Å². The highest BCUT2D eigenvalue weighted by molar-refractivity contribution is 4.95. The normalized spacial score (nSPS) is 35.6. The van der Waals surface area contributed by atoms with E-state index in [0.717, 1.165) is 25.7 Å². The summed E-state index contributed by atoms with van der Waals surface area (Å²) < 4.78 is 24.7. The van der Waals surface area contributed by atoms with Gasteiger partial charge < -0.3 is 18.9 Å². The minimum Gasteiger partial charge on any atom is -0.350 e. The van der Waals surface area contributed by atoms with Gasteiger partial charge in [0.25, 0.3) is 0 Å². The monoisotopic (exact) mass is 394 g/mol. The van der Waals surface area contributed by atoms with E-state index in [1.807, 2.05) is 0 Å². The van der Waals surface area contributed by atoms with Gasteiger partial charge in [0.2, 0.25) is 0 Å². The summed E-state index contributed by atoms with van der Waals surface area (Å²) in [5, 5.41) is 0. The van der Waals surface area contributed by atoms with Crippen LogP contribution < -0.4 is 0 Å². The summed E-state index contributed by atoms with van der Waals surface area (Å²) in [4.78, 5) is 0. The maximum Gasteiger partial charge on any atom is 0.158 e. The predicted octanol–water partition coefficient (Wildman–Crippen LogP) is 5.97. The Bertz CT molecular complexity index is 473. The summed E-state index contributed by atoms with van der Waals surface area (Å²) in [6.45, 7) is 10.7. The van der Waals surface area contributed by atoms with Gasteiger partial charge in [-0.1, -0.05) is 27.7 Å². The number of rotatable bonds is 5. The van der Waals surface area contributed by atoms with Gasteiger partial charge in [0.05, 0.1) is 24.4 Å². The standard InChI is InChI=1S/C24H42O4/c1-21(2)9-13-23(14-10-21)7-5-19(27-23)25-17-18-26-20-6-8-24(28-20)15-11-22(3,4)12-16-24/h19-20H,5-18H2,1-4H3. The Morgan fingerprint density at radius 1 is 0.571 bits per heavy atom. The van der Waals surface area contributed by atoms with E-state index in [-0.39, 0.29) is 23.8 Å². The molecular weight excluding hydrogens is 352 g/mol. The van der Waals surface area contributed by atoms with E-state index in [9.17, 15) is 0 Å². The summed E-state index contributed by atoms with van der Waals surface area (Å²) in [6.07, 6.45) is 14.1. The fraction of sp³-hybridized carbons (Fsp3) is 1.00. The fourth-order valence-corrected chi connectivity index (χ4v) is 5.65. The third-order valence-corrected chi connectivity index (χ3v) is 8.15. The van der Waals surface area contributed by atoms with Gasteiger partial charge in [-0.05, 0) is 75.0 Å². The Hall–Kier alpha value is -0.160. The second kappa shape index (κ2) is 7.83. The third-order valence-electron chi connectivity index (χ3n) is 8.15. The first-order valence-electron chi connectivity index (χ1n) is 11.8. The number of hydrogen-bond donors (Lipinski definition) is 0. The van der Waals surface area contributed by atoms with Gasteiger partial charge >= 0.3 is 0 Å². The molecule has 2 spiro atoms. The molecule has 2 saturated carbocycles. The first-order valence-corrected chi connectivity index (χ1v) is 11.8. The fourth-order valence-electron chi connectivity index (χ4n) is 5.65. The molecule has 2 aliphatic carbocycles. The van der Waals surface area contributed by atoms with Crippen molar-refractivity contribution >= 4 is 0 Å². The molecule has 4 rings (SSSR count). The summed E-state index contributed by atoms with van der Waals surface area (Å²) in [5.74, 6) is 0. The number of ether oxygens (including phenoxy) is 4. The van der Waals surface area contributed by atoms with Crippen molar-refractivity contribution in [3.05, 3.63) is 0 Å². The van der Waals surface area contributed by atoms with E-state index in [0.29, 0.717) is 24.0 Å². The molecule has 2 heterocycles. The van der Waals surface area contributed by atoms with Crippen molar-refractivity contribution in [2.75, 3.05) is 13.2 Å². The second-order valence-electron chi connectivity index (χ2n) is 11.6. The number of hydrogen-bond acceptors (Lipinski definition) is 4. The lowest BCUT2D eigenvalue weighted by Gasteiger charge is -2.41. The molecule has 4 nitrogen and oxygen atoms in total. The molecule has 4 fully saturated rings. The zero-order chi connectivity index (χ0) is 19.9. The molecule has 0 aromatic rings. The van der Waals surface area contributed by atoms with Gasteiger partial charge in [0.15, 0.2) is 12.6 Å². The molecule has 4 heteroatoms. The van der Waals surface area contributed by atoms with Gasteiger partial charge in [0, 0.05) is 12.8 Å². The van der Waals surface area contributed by atoms with E-state index in [4.69, 9.17) is 18.9 Å². The Balaban J connectivity index is 1.12. The van der Waals surface area contributed by atoms with Crippen LogP contribution in [0.25, 0.3) is 0 Å². The molecular formula is C24H42O4. The maximum absolute atomic E-state index is 6.36. The average Bonchev–Trinajstić information content (AvgIpc) is 3.24. The molecule has 0 N–H and O–H groups in total. The van der Waals surface area contributed by atoms with Crippen LogP contribution in [0.15, 0.2) is 0 Å². The Labute approximate surface area is 172 Å². The average molecular weight is 395 g/mol. The van der Waals surface area contributed by atoms with E-state index in [1.54, 1.807) is 0 Å². The molecule has 4 aliphatic rings. The smallest absolute Gasteiger partial charge is 0.158 e. The Morgan fingerprint density at radius 3 is 1.29 bits per heavy atom. The molecule has 2 atom stereocenters. The highest BCUT2D eigenvalue weighted by Gasteiger charge is 2.46. The van der Waals surface area contributed by atoms with Gasteiger partial charge in [-0.15, -0.1) is 0 Å². The van der Waals surface area contributed by atoms with Gasteiger partial charge in [-0.2, -0.15) is 0 Å². The molecule has 0 radical (unpaired) electrons. The molecule has 0 bridgehead atoms. The van der Waals surface area contributed by atoms with Crippen molar-refractivity contribution in [2.45, 2.75) is 129 Å².